The fourth-order valence-electron chi connectivity index (χ4n) is 0.741. The summed E-state index contributed by atoms with van der Waals surface area (Å²) in [5.41, 5.74) is 1.10. The molecular weight excluding hydrogens is 155 g/mol. The van der Waals surface area contributed by atoms with Gasteiger partial charge in [0.2, 0.25) is 0 Å². The van der Waals surface area contributed by atoms with Gasteiger partial charge in [0.25, 0.3) is 0 Å². The first-order valence-electron chi connectivity index (χ1n) is 4.30. The van der Waals surface area contributed by atoms with E-state index in [-0.39, 0.29) is 6.61 Å². The van der Waals surface area contributed by atoms with Crippen molar-refractivity contribution in [3.63, 3.8) is 0 Å². The predicted octanol–water partition coefficient (Wildman–Crippen LogP) is 2.89. The van der Waals surface area contributed by atoms with Crippen LogP contribution in [0.2, 0.25) is 0 Å². The molecule has 0 unspecified atom stereocenters. The molecule has 0 spiro atoms. The first-order valence-corrected chi connectivity index (χ1v) is 4.30. The summed E-state index contributed by atoms with van der Waals surface area (Å²) >= 11 is 0. The van der Waals surface area contributed by atoms with Crippen LogP contribution in [-0.4, -0.2) is 19.9 Å². The van der Waals surface area contributed by atoms with Gasteiger partial charge in [-0.15, -0.1) is 0 Å². The number of hydrogen-bond acceptors (Lipinski definition) is 1. The third-order valence-corrected chi connectivity index (χ3v) is 1.43. The van der Waals surface area contributed by atoms with Gasteiger partial charge in [0.05, 0.1) is 13.2 Å². The minimum atomic E-state index is -0.408. The van der Waals surface area contributed by atoms with Crippen LogP contribution in [0.15, 0.2) is 23.8 Å². The van der Waals surface area contributed by atoms with Gasteiger partial charge < -0.3 is 4.74 Å². The van der Waals surface area contributed by atoms with Gasteiger partial charge in [-0.3, -0.25) is 0 Å². The van der Waals surface area contributed by atoms with E-state index in [1.807, 2.05) is 19.1 Å². The zero-order valence-corrected chi connectivity index (χ0v) is 7.85. The molecule has 0 aromatic rings. The minimum absolute atomic E-state index is 0.192. The van der Waals surface area contributed by atoms with Crippen LogP contribution in [0.1, 0.15) is 20.3 Å². The highest BCUT2D eigenvalue weighted by Crippen LogP contribution is 1.98. The fourth-order valence-corrected chi connectivity index (χ4v) is 0.741. The maximum absolute atomic E-state index is 11.6. The molecule has 0 aromatic heterocycles. The molecule has 0 saturated carbocycles. The molecule has 0 aliphatic heterocycles. The van der Waals surface area contributed by atoms with E-state index < -0.39 is 6.67 Å². The summed E-state index contributed by atoms with van der Waals surface area (Å²) < 4.78 is 16.7. The first kappa shape index (κ1) is 11.4. The molecule has 0 fully saturated rings. The van der Waals surface area contributed by atoms with E-state index in [1.54, 1.807) is 0 Å². The zero-order valence-electron chi connectivity index (χ0n) is 7.85. The largest absolute Gasteiger partial charge is 0.374 e. The van der Waals surface area contributed by atoms with Crippen molar-refractivity contribution in [2.24, 2.45) is 0 Å². The molecule has 0 aliphatic carbocycles. The summed E-state index contributed by atoms with van der Waals surface area (Å²) in [4.78, 5) is 0. The lowest BCUT2D eigenvalue weighted by molar-refractivity contribution is 0.140. The third kappa shape index (κ3) is 6.10. The van der Waals surface area contributed by atoms with Gasteiger partial charge in [-0.2, -0.15) is 0 Å². The molecule has 0 bridgehead atoms. The molecule has 12 heavy (non-hydrogen) atoms. The Bertz CT molecular complexity index is 150. The average Bonchev–Trinajstić information content (AvgIpc) is 2.11. The van der Waals surface area contributed by atoms with Crippen LogP contribution >= 0.6 is 0 Å². The maximum Gasteiger partial charge on any atom is 0.113 e. The van der Waals surface area contributed by atoms with E-state index in [0.717, 1.165) is 12.0 Å². The summed E-state index contributed by atoms with van der Waals surface area (Å²) in [5.74, 6) is 0. The van der Waals surface area contributed by atoms with Crippen molar-refractivity contribution in [1.29, 1.82) is 0 Å². The summed E-state index contributed by atoms with van der Waals surface area (Å²) in [6.45, 7) is 4.32. The summed E-state index contributed by atoms with van der Waals surface area (Å²) in [6.07, 6.45) is 7.07. The second kappa shape index (κ2) is 8.47. The molecule has 0 atom stereocenters. The van der Waals surface area contributed by atoms with Crippen molar-refractivity contribution < 1.29 is 9.13 Å². The minimum Gasteiger partial charge on any atom is -0.374 e. The van der Waals surface area contributed by atoms with Crippen LogP contribution in [0, 0.1) is 0 Å². The molecule has 0 aliphatic rings. The van der Waals surface area contributed by atoms with E-state index in [4.69, 9.17) is 4.74 Å². The summed E-state index contributed by atoms with van der Waals surface area (Å²) in [6, 6.07) is 0. The average molecular weight is 172 g/mol. The Labute approximate surface area is 73.9 Å². The Kier molecular flexibility index (Phi) is 8.02. The molecule has 0 heterocycles. The van der Waals surface area contributed by atoms with Crippen LogP contribution in [0.25, 0.3) is 0 Å². The summed E-state index contributed by atoms with van der Waals surface area (Å²) in [5, 5.41) is 0. The lowest BCUT2D eigenvalue weighted by atomic mass is 10.2. The van der Waals surface area contributed by atoms with Crippen LogP contribution in [0.3, 0.4) is 0 Å². The molecule has 0 N–H and O–H groups in total. The first-order chi connectivity index (χ1) is 5.85. The number of allylic oxidation sites excluding steroid dienone is 2. The molecule has 0 saturated heterocycles. The van der Waals surface area contributed by atoms with E-state index in [9.17, 15) is 4.39 Å². The topological polar surface area (TPSA) is 9.23 Å². The lowest BCUT2D eigenvalue weighted by Gasteiger charge is -2.01. The van der Waals surface area contributed by atoms with E-state index in [2.05, 4.69) is 13.0 Å². The number of ether oxygens (including phenoxy) is 1. The van der Waals surface area contributed by atoms with E-state index in [1.165, 1.54) is 0 Å². The van der Waals surface area contributed by atoms with Crippen LogP contribution in [0.4, 0.5) is 4.39 Å². The number of halogens is 1. The molecule has 1 nitrogen and oxygen atoms in total. The molecule has 0 radical (unpaired) electrons. The second-order valence-electron chi connectivity index (χ2n) is 2.42. The Hall–Kier alpha value is -0.630. The normalized spacial score (nSPS) is 12.8. The Balaban J connectivity index is 3.62. The van der Waals surface area contributed by atoms with Crippen LogP contribution in [0.5, 0.6) is 0 Å². The van der Waals surface area contributed by atoms with Crippen LogP contribution < -0.4 is 0 Å². The third-order valence-electron chi connectivity index (χ3n) is 1.43. The van der Waals surface area contributed by atoms with Crippen LogP contribution in [-0.2, 0) is 4.74 Å². The van der Waals surface area contributed by atoms with Gasteiger partial charge >= 0.3 is 0 Å². The monoisotopic (exact) mass is 172 g/mol. The zero-order chi connectivity index (χ0) is 9.23. The molecule has 0 aromatic carbocycles. The van der Waals surface area contributed by atoms with Crippen molar-refractivity contribution in [3.8, 4) is 0 Å². The summed E-state index contributed by atoms with van der Waals surface area (Å²) in [7, 11) is 0. The van der Waals surface area contributed by atoms with Gasteiger partial charge in [0.15, 0.2) is 0 Å². The SMILES string of the molecule is C/C=C(\C=C/CC)COCCF. The Morgan fingerprint density at radius 1 is 1.50 bits per heavy atom. The lowest BCUT2D eigenvalue weighted by Crippen LogP contribution is -1.99. The molecular formula is C10H17FO. The van der Waals surface area contributed by atoms with Crippen molar-refractivity contribution in [2.45, 2.75) is 20.3 Å². The highest BCUT2D eigenvalue weighted by Gasteiger charge is 1.90. The van der Waals surface area contributed by atoms with Crippen molar-refractivity contribution in [2.75, 3.05) is 19.9 Å². The Morgan fingerprint density at radius 3 is 2.75 bits per heavy atom. The van der Waals surface area contributed by atoms with Gasteiger partial charge in [-0.25, -0.2) is 4.39 Å². The highest BCUT2D eigenvalue weighted by atomic mass is 19.1. The van der Waals surface area contributed by atoms with Gasteiger partial charge in [0.1, 0.15) is 6.67 Å². The van der Waals surface area contributed by atoms with Gasteiger partial charge in [0, 0.05) is 0 Å². The van der Waals surface area contributed by atoms with Crippen molar-refractivity contribution >= 4 is 0 Å². The van der Waals surface area contributed by atoms with Gasteiger partial charge in [-0.1, -0.05) is 25.2 Å². The fraction of sp³-hybridized carbons (Fsp3) is 0.600. The second-order valence-corrected chi connectivity index (χ2v) is 2.42. The predicted molar refractivity (Wildman–Crippen MR) is 50.0 cm³/mol. The maximum atomic E-state index is 11.6. The molecule has 0 amide bonds. The van der Waals surface area contributed by atoms with Crippen molar-refractivity contribution in [3.05, 3.63) is 23.8 Å². The highest BCUT2D eigenvalue weighted by molar-refractivity contribution is 5.17. The van der Waals surface area contributed by atoms with Gasteiger partial charge in [-0.05, 0) is 18.9 Å². The standard InChI is InChI=1S/C10H17FO/c1-3-5-6-10(4-2)9-12-8-7-11/h4-6H,3,7-9H2,1-2H3/b6-5-,10-4+. The van der Waals surface area contributed by atoms with Crippen molar-refractivity contribution in [1.82, 2.24) is 0 Å². The van der Waals surface area contributed by atoms with E-state index >= 15 is 0 Å². The molecule has 2 heteroatoms. The number of alkyl halides is 1. The molecule has 70 valence electrons. The number of rotatable bonds is 6. The van der Waals surface area contributed by atoms with E-state index in [0.29, 0.717) is 6.61 Å². The molecule has 0 rings (SSSR count). The Morgan fingerprint density at radius 2 is 2.25 bits per heavy atom. The quantitative estimate of drug-likeness (QED) is 0.442. The smallest absolute Gasteiger partial charge is 0.113 e. The number of hydrogen-bond donors (Lipinski definition) is 0.